The van der Waals surface area contributed by atoms with Crippen LogP contribution in [0.3, 0.4) is 0 Å². The van der Waals surface area contributed by atoms with Crippen LogP contribution in [0.4, 0.5) is 11.5 Å². The Bertz CT molecular complexity index is 654. The Morgan fingerprint density at radius 1 is 1.00 bits per heavy atom. The van der Waals surface area contributed by atoms with Crippen LogP contribution in [0.2, 0.25) is 5.15 Å². The molecule has 0 unspecified atom stereocenters. The molecule has 0 aliphatic heterocycles. The minimum Gasteiger partial charge on any atom is -0.338 e. The van der Waals surface area contributed by atoms with E-state index in [9.17, 15) is 0 Å². The van der Waals surface area contributed by atoms with Gasteiger partial charge in [0.2, 0.25) is 11.3 Å². The zero-order valence-corrected chi connectivity index (χ0v) is 10.0. The average Bonchev–Trinajstić information content (AvgIpc) is 2.78. The Hall–Kier alpha value is -1.79. The highest BCUT2D eigenvalue weighted by Crippen LogP contribution is 2.23. The summed E-state index contributed by atoms with van der Waals surface area (Å²) in [7, 11) is 0. The summed E-state index contributed by atoms with van der Waals surface area (Å²) in [5, 5.41) is 3.37. The van der Waals surface area contributed by atoms with Crippen LogP contribution in [0.1, 0.15) is 0 Å². The van der Waals surface area contributed by atoms with E-state index in [-0.39, 0.29) is 5.15 Å². The van der Waals surface area contributed by atoms with E-state index in [1.54, 1.807) is 0 Å². The quantitative estimate of drug-likeness (QED) is 0.770. The number of anilines is 2. The number of rotatable bonds is 2. The van der Waals surface area contributed by atoms with E-state index in [0.29, 0.717) is 17.1 Å². The fraction of sp³-hybridized carbons (Fsp3) is 0. The molecule has 2 aromatic heterocycles. The molecule has 0 saturated carbocycles. The van der Waals surface area contributed by atoms with E-state index in [2.05, 4.69) is 24.0 Å². The molecule has 0 aliphatic rings. The number of hydrogen-bond acceptors (Lipinski definition) is 6. The predicted octanol–water partition coefficient (Wildman–Crippen LogP) is 2.88. The van der Waals surface area contributed by atoms with Crippen LogP contribution in [0.5, 0.6) is 0 Å². The Morgan fingerprint density at radius 3 is 2.47 bits per heavy atom. The van der Waals surface area contributed by atoms with Crippen LogP contribution in [0.15, 0.2) is 30.3 Å². The van der Waals surface area contributed by atoms with Crippen molar-refractivity contribution < 1.29 is 0 Å². The Balaban J connectivity index is 2.02. The zero-order valence-electron chi connectivity index (χ0n) is 8.46. The van der Waals surface area contributed by atoms with Gasteiger partial charge in [0.05, 0.1) is 11.7 Å². The number of benzene rings is 1. The van der Waals surface area contributed by atoms with Crippen LogP contribution in [0, 0.1) is 0 Å². The average molecular weight is 264 g/mol. The maximum absolute atomic E-state index is 6.01. The van der Waals surface area contributed by atoms with Gasteiger partial charge in [-0.1, -0.05) is 29.8 Å². The third-order valence-electron chi connectivity index (χ3n) is 2.11. The number of para-hydroxylation sites is 1. The molecule has 7 heteroatoms. The molecule has 0 aliphatic carbocycles. The molecule has 84 valence electrons. The van der Waals surface area contributed by atoms with E-state index in [4.69, 9.17) is 11.6 Å². The SMILES string of the molecule is Clc1nc2nsnc2nc1Nc1ccccc1. The molecular formula is C10H6ClN5S. The first-order valence-electron chi connectivity index (χ1n) is 4.81. The monoisotopic (exact) mass is 263 g/mol. The van der Waals surface area contributed by atoms with Crippen molar-refractivity contribution >= 4 is 46.1 Å². The summed E-state index contributed by atoms with van der Waals surface area (Å²) in [6.07, 6.45) is 0. The van der Waals surface area contributed by atoms with Gasteiger partial charge in [0.15, 0.2) is 11.0 Å². The molecule has 0 atom stereocenters. The highest BCUT2D eigenvalue weighted by atomic mass is 35.5. The maximum Gasteiger partial charge on any atom is 0.214 e. The van der Waals surface area contributed by atoms with Crippen molar-refractivity contribution in [2.24, 2.45) is 0 Å². The van der Waals surface area contributed by atoms with Gasteiger partial charge in [-0.25, -0.2) is 9.97 Å². The molecule has 0 spiro atoms. The van der Waals surface area contributed by atoms with Crippen LogP contribution in [-0.2, 0) is 0 Å². The lowest BCUT2D eigenvalue weighted by molar-refractivity contribution is 1.25. The predicted molar refractivity (Wildman–Crippen MR) is 67.7 cm³/mol. The minimum absolute atomic E-state index is 0.286. The fourth-order valence-electron chi connectivity index (χ4n) is 1.36. The molecule has 5 nitrogen and oxygen atoms in total. The van der Waals surface area contributed by atoms with Crippen molar-refractivity contribution in [1.82, 2.24) is 18.7 Å². The standard InChI is InChI=1S/C10H6ClN5S/c11-7-8(12-6-4-2-1-3-5-6)14-10-9(13-7)15-17-16-10/h1-5H,(H,12,14,16). The van der Waals surface area contributed by atoms with Crippen LogP contribution in [0.25, 0.3) is 11.3 Å². The van der Waals surface area contributed by atoms with Crippen LogP contribution in [-0.4, -0.2) is 18.7 Å². The Kier molecular flexibility index (Phi) is 2.58. The molecule has 0 saturated heterocycles. The first-order chi connectivity index (χ1) is 8.33. The third-order valence-corrected chi connectivity index (χ3v) is 2.88. The number of halogens is 1. The smallest absolute Gasteiger partial charge is 0.214 e. The summed E-state index contributed by atoms with van der Waals surface area (Å²) in [4.78, 5) is 8.37. The summed E-state index contributed by atoms with van der Waals surface area (Å²) in [5.41, 5.74) is 1.86. The van der Waals surface area contributed by atoms with Gasteiger partial charge in [-0.3, -0.25) is 0 Å². The molecule has 1 aromatic carbocycles. The van der Waals surface area contributed by atoms with Crippen LogP contribution < -0.4 is 5.32 Å². The molecule has 2 heterocycles. The minimum atomic E-state index is 0.286. The highest BCUT2D eigenvalue weighted by Gasteiger charge is 2.09. The van der Waals surface area contributed by atoms with E-state index < -0.39 is 0 Å². The maximum atomic E-state index is 6.01. The van der Waals surface area contributed by atoms with Gasteiger partial charge >= 0.3 is 0 Å². The van der Waals surface area contributed by atoms with Gasteiger partial charge in [-0.15, -0.1) is 0 Å². The van der Waals surface area contributed by atoms with Crippen molar-refractivity contribution in [2.45, 2.75) is 0 Å². The number of nitrogens with zero attached hydrogens (tertiary/aromatic N) is 4. The first-order valence-corrected chi connectivity index (χ1v) is 5.91. The molecule has 0 amide bonds. The second kappa shape index (κ2) is 4.23. The number of hydrogen-bond donors (Lipinski definition) is 1. The van der Waals surface area contributed by atoms with Gasteiger partial charge in [-0.2, -0.15) is 8.75 Å². The lowest BCUT2D eigenvalue weighted by atomic mass is 10.3. The van der Waals surface area contributed by atoms with E-state index in [0.717, 1.165) is 17.4 Å². The summed E-state index contributed by atoms with van der Waals surface area (Å²) < 4.78 is 7.99. The second-order valence-electron chi connectivity index (χ2n) is 3.27. The fourth-order valence-corrected chi connectivity index (χ4v) is 1.97. The van der Waals surface area contributed by atoms with E-state index >= 15 is 0 Å². The highest BCUT2D eigenvalue weighted by molar-refractivity contribution is 6.99. The van der Waals surface area contributed by atoms with Gasteiger partial charge in [0, 0.05) is 5.69 Å². The molecule has 3 rings (SSSR count). The topological polar surface area (TPSA) is 63.6 Å². The molecule has 0 radical (unpaired) electrons. The van der Waals surface area contributed by atoms with Crippen molar-refractivity contribution in [3.8, 4) is 0 Å². The lowest BCUT2D eigenvalue weighted by Gasteiger charge is -2.05. The van der Waals surface area contributed by atoms with Gasteiger partial charge in [-0.05, 0) is 12.1 Å². The summed E-state index contributed by atoms with van der Waals surface area (Å²) in [5.74, 6) is 0.484. The van der Waals surface area contributed by atoms with Gasteiger partial charge in [0.1, 0.15) is 0 Å². The number of fused-ring (bicyclic) bond motifs is 1. The Morgan fingerprint density at radius 2 is 1.71 bits per heavy atom. The lowest BCUT2D eigenvalue weighted by Crippen LogP contribution is -1.96. The normalized spacial score (nSPS) is 10.6. The van der Waals surface area contributed by atoms with E-state index in [1.807, 2.05) is 30.3 Å². The molecule has 3 aromatic rings. The molecule has 17 heavy (non-hydrogen) atoms. The molecule has 1 N–H and O–H groups in total. The molecular weight excluding hydrogens is 258 g/mol. The van der Waals surface area contributed by atoms with Crippen LogP contribution >= 0.6 is 23.3 Å². The van der Waals surface area contributed by atoms with Gasteiger partial charge < -0.3 is 5.32 Å². The van der Waals surface area contributed by atoms with Crippen molar-refractivity contribution in [2.75, 3.05) is 5.32 Å². The largest absolute Gasteiger partial charge is 0.338 e. The number of aromatic nitrogens is 4. The Labute approximate surface area is 106 Å². The van der Waals surface area contributed by atoms with Gasteiger partial charge in [0.25, 0.3) is 0 Å². The van der Waals surface area contributed by atoms with Crippen molar-refractivity contribution in [3.63, 3.8) is 0 Å². The van der Waals surface area contributed by atoms with Crippen molar-refractivity contribution in [3.05, 3.63) is 35.5 Å². The molecule has 0 bridgehead atoms. The molecule has 0 fully saturated rings. The summed E-state index contributed by atoms with van der Waals surface area (Å²) in [6, 6.07) is 9.62. The first kappa shape index (κ1) is 10.4. The summed E-state index contributed by atoms with van der Waals surface area (Å²) >= 11 is 7.08. The zero-order chi connectivity index (χ0) is 11.7. The third kappa shape index (κ3) is 2.04. The van der Waals surface area contributed by atoms with Crippen molar-refractivity contribution in [1.29, 1.82) is 0 Å². The number of nitrogens with one attached hydrogen (secondary N) is 1. The van der Waals surface area contributed by atoms with E-state index in [1.165, 1.54) is 0 Å². The second-order valence-corrected chi connectivity index (χ2v) is 4.15. The summed E-state index contributed by atoms with van der Waals surface area (Å²) in [6.45, 7) is 0.